The van der Waals surface area contributed by atoms with Crippen LogP contribution in [0.1, 0.15) is 53.6 Å². The van der Waals surface area contributed by atoms with E-state index in [4.69, 9.17) is 21.4 Å². The van der Waals surface area contributed by atoms with Crippen LogP contribution in [0.4, 0.5) is 11.8 Å². The van der Waals surface area contributed by atoms with E-state index in [0.29, 0.717) is 23.9 Å². The third kappa shape index (κ3) is 5.67. The second-order valence-corrected chi connectivity index (χ2v) is 9.92. The second kappa shape index (κ2) is 10.7. The first-order valence-corrected chi connectivity index (χ1v) is 12.2. The van der Waals surface area contributed by atoms with Crippen LogP contribution in [0.2, 0.25) is 5.02 Å². The van der Waals surface area contributed by atoms with Crippen LogP contribution in [0.3, 0.4) is 0 Å². The van der Waals surface area contributed by atoms with Gasteiger partial charge in [-0.15, -0.1) is 0 Å². The summed E-state index contributed by atoms with van der Waals surface area (Å²) < 4.78 is 0. The zero-order valence-electron chi connectivity index (χ0n) is 19.5. The van der Waals surface area contributed by atoms with E-state index in [1.165, 1.54) is 6.42 Å². The van der Waals surface area contributed by atoms with Gasteiger partial charge >= 0.3 is 0 Å². The van der Waals surface area contributed by atoms with Crippen LogP contribution in [0.5, 0.6) is 0 Å². The molecule has 2 heterocycles. The highest BCUT2D eigenvalue weighted by Crippen LogP contribution is 2.45. The van der Waals surface area contributed by atoms with E-state index in [2.05, 4.69) is 20.5 Å². The van der Waals surface area contributed by atoms with Crippen LogP contribution >= 0.6 is 11.6 Å². The van der Waals surface area contributed by atoms with Crippen molar-refractivity contribution in [3.05, 3.63) is 46.1 Å². The van der Waals surface area contributed by atoms with Crippen molar-refractivity contribution in [3.8, 4) is 0 Å². The molecule has 2 saturated carbocycles. The Morgan fingerprint density at radius 3 is 2.59 bits per heavy atom. The molecule has 182 valence electrons. The average Bonchev–Trinajstić information content (AvgIpc) is 3.47. The lowest BCUT2D eigenvalue weighted by molar-refractivity contribution is -0.0980. The van der Waals surface area contributed by atoms with Crippen LogP contribution in [0, 0.1) is 18.8 Å². The third-order valence-electron chi connectivity index (χ3n) is 7.01. The number of rotatable bonds is 6. The molecular formula is C25H32ClN5O3. The number of amides is 1. The Kier molecular flexibility index (Phi) is 7.68. The Bertz CT molecular complexity index is 1020. The van der Waals surface area contributed by atoms with E-state index in [1.807, 2.05) is 31.9 Å². The first kappa shape index (κ1) is 24.4. The van der Waals surface area contributed by atoms with E-state index < -0.39 is 0 Å². The van der Waals surface area contributed by atoms with Gasteiger partial charge in [0.1, 0.15) is 18.2 Å². The number of carbonyl (C=O) groups is 2. The summed E-state index contributed by atoms with van der Waals surface area (Å²) in [6, 6.07) is 6.02. The molecule has 2 unspecified atom stereocenters. The summed E-state index contributed by atoms with van der Waals surface area (Å²) in [5, 5.41) is 16.9. The quantitative estimate of drug-likeness (QED) is 0.575. The molecule has 1 aromatic carbocycles. The number of aliphatic hydroxyl groups is 1. The number of halogens is 1. The fraction of sp³-hybridized carbons (Fsp3) is 0.520. The largest absolute Gasteiger partial charge is 0.393 e. The monoisotopic (exact) mass is 485 g/mol. The highest BCUT2D eigenvalue weighted by atomic mass is 35.5. The predicted molar refractivity (Wildman–Crippen MR) is 132 cm³/mol. The number of anilines is 2. The number of hydrogen-bond donors (Lipinski definition) is 3. The molecule has 2 aliphatic carbocycles. The van der Waals surface area contributed by atoms with Crippen molar-refractivity contribution in [1.82, 2.24) is 15.3 Å². The lowest BCUT2D eigenvalue weighted by Gasteiger charge is -2.26. The molecule has 2 aromatic rings. The molecule has 3 N–H and O–H groups in total. The van der Waals surface area contributed by atoms with Gasteiger partial charge in [-0.25, -0.2) is 4.98 Å². The Morgan fingerprint density at radius 2 is 1.91 bits per heavy atom. The number of aliphatic hydroxyl groups excluding tert-OH is 1. The van der Waals surface area contributed by atoms with Gasteiger partial charge in [0.2, 0.25) is 5.95 Å². The molecule has 3 fully saturated rings. The Balaban J connectivity index is 0.00000133. The van der Waals surface area contributed by atoms with Gasteiger partial charge < -0.3 is 25.4 Å². The van der Waals surface area contributed by atoms with Gasteiger partial charge in [0.15, 0.2) is 0 Å². The molecule has 34 heavy (non-hydrogen) atoms. The lowest BCUT2D eigenvalue weighted by Crippen LogP contribution is -2.39. The minimum atomic E-state index is -0.254. The van der Waals surface area contributed by atoms with Crippen molar-refractivity contribution >= 4 is 36.1 Å². The molecule has 3 aliphatic rings. The van der Waals surface area contributed by atoms with E-state index in [0.717, 1.165) is 66.8 Å². The van der Waals surface area contributed by atoms with Gasteiger partial charge in [0.25, 0.3) is 5.91 Å². The van der Waals surface area contributed by atoms with E-state index >= 15 is 0 Å². The van der Waals surface area contributed by atoms with Gasteiger partial charge in [-0.1, -0.05) is 23.7 Å². The normalized spacial score (nSPS) is 25.1. The molecule has 9 heteroatoms. The number of carbonyl (C=O) groups excluding carboxylic acids is 2. The number of fused-ring (bicyclic) bond motifs is 1. The number of hydrogen-bond acceptors (Lipinski definition) is 7. The molecule has 0 spiro atoms. The number of nitrogens with one attached hydrogen (secondary N) is 2. The predicted octanol–water partition coefficient (Wildman–Crippen LogP) is 3.36. The van der Waals surface area contributed by atoms with Crippen LogP contribution in [0.15, 0.2) is 24.4 Å². The van der Waals surface area contributed by atoms with Crippen LogP contribution in [0.25, 0.3) is 0 Å². The summed E-state index contributed by atoms with van der Waals surface area (Å²) in [6.07, 6.45) is 5.71. The summed E-state index contributed by atoms with van der Waals surface area (Å²) in [6.45, 7) is 6.47. The van der Waals surface area contributed by atoms with Crippen molar-refractivity contribution in [3.63, 3.8) is 0 Å². The number of aryl methyl sites for hydroxylation is 1. The van der Waals surface area contributed by atoms with E-state index in [9.17, 15) is 9.90 Å². The number of aromatic nitrogens is 2. The SMILES string of the molecule is C=O.Cc1ccc(CNc2nc(N3CC4CC4C3)ncc2C(=O)NC2CCC(O)CC2)cc1Cl. The fourth-order valence-electron chi connectivity index (χ4n) is 4.80. The summed E-state index contributed by atoms with van der Waals surface area (Å²) in [4.78, 5) is 32.6. The molecule has 0 radical (unpaired) electrons. The highest BCUT2D eigenvalue weighted by Gasteiger charge is 2.46. The van der Waals surface area contributed by atoms with Crippen molar-refractivity contribution in [1.29, 1.82) is 0 Å². The van der Waals surface area contributed by atoms with Crippen LogP contribution in [-0.4, -0.2) is 53.0 Å². The number of nitrogens with zero attached hydrogens (tertiary/aromatic N) is 3. The topological polar surface area (TPSA) is 107 Å². The maximum atomic E-state index is 13.1. The maximum absolute atomic E-state index is 13.1. The van der Waals surface area contributed by atoms with E-state index in [-0.39, 0.29) is 18.1 Å². The molecule has 1 saturated heterocycles. The zero-order chi connectivity index (χ0) is 24.2. The maximum Gasteiger partial charge on any atom is 0.256 e. The molecular weight excluding hydrogens is 454 g/mol. The first-order valence-electron chi connectivity index (χ1n) is 11.8. The standard InChI is InChI=1S/C24H30ClN5O2.CH2O/c1-14-2-3-15(8-21(14)25)10-26-22-20(23(32)28-18-4-6-19(31)7-5-18)11-27-24(29-22)30-12-16-9-17(16)13-30;1-2/h2-3,8,11,16-19,31H,4-7,9-10,12-13H2,1H3,(H,28,32)(H,26,27,29);1H2. The van der Waals surface area contributed by atoms with Gasteiger partial charge in [0.05, 0.1) is 6.10 Å². The molecule has 1 aliphatic heterocycles. The number of benzene rings is 1. The minimum Gasteiger partial charge on any atom is -0.393 e. The Labute approximate surface area is 205 Å². The molecule has 5 rings (SSSR count). The minimum absolute atomic E-state index is 0.0695. The van der Waals surface area contributed by atoms with Crippen LogP contribution in [-0.2, 0) is 11.3 Å². The average molecular weight is 486 g/mol. The molecule has 1 aromatic heterocycles. The van der Waals surface area contributed by atoms with Gasteiger partial charge in [-0.3, -0.25) is 4.79 Å². The number of piperidine rings is 1. The second-order valence-electron chi connectivity index (χ2n) is 9.51. The summed E-state index contributed by atoms with van der Waals surface area (Å²) in [7, 11) is 0. The molecule has 0 bridgehead atoms. The summed E-state index contributed by atoms with van der Waals surface area (Å²) in [5.41, 5.74) is 2.50. The summed E-state index contributed by atoms with van der Waals surface area (Å²) in [5.74, 6) is 2.59. The van der Waals surface area contributed by atoms with Crippen LogP contribution < -0.4 is 15.5 Å². The summed E-state index contributed by atoms with van der Waals surface area (Å²) >= 11 is 6.28. The van der Waals surface area contributed by atoms with Gasteiger partial charge in [0, 0.05) is 36.9 Å². The Morgan fingerprint density at radius 1 is 1.21 bits per heavy atom. The molecule has 8 nitrogen and oxygen atoms in total. The highest BCUT2D eigenvalue weighted by molar-refractivity contribution is 6.31. The van der Waals surface area contributed by atoms with Crippen molar-refractivity contribution < 1.29 is 14.7 Å². The smallest absolute Gasteiger partial charge is 0.256 e. The zero-order valence-corrected chi connectivity index (χ0v) is 20.2. The van der Waals surface area contributed by atoms with Gasteiger partial charge in [-0.05, 0) is 68.1 Å². The first-order chi connectivity index (χ1) is 16.5. The third-order valence-corrected chi connectivity index (χ3v) is 7.42. The lowest BCUT2D eigenvalue weighted by atomic mass is 9.93. The van der Waals surface area contributed by atoms with Crippen molar-refractivity contribution in [2.75, 3.05) is 23.3 Å². The fourth-order valence-corrected chi connectivity index (χ4v) is 5.01. The Hall–Kier alpha value is -2.71. The molecule has 1 amide bonds. The van der Waals surface area contributed by atoms with Gasteiger partial charge in [-0.2, -0.15) is 4.98 Å². The van der Waals surface area contributed by atoms with Crippen molar-refractivity contribution in [2.24, 2.45) is 11.8 Å². The molecule has 2 atom stereocenters. The van der Waals surface area contributed by atoms with E-state index in [1.54, 1.807) is 6.20 Å². The van der Waals surface area contributed by atoms with Crippen molar-refractivity contribution in [2.45, 2.75) is 57.7 Å².